The highest BCUT2D eigenvalue weighted by atomic mass is 35.5. The summed E-state index contributed by atoms with van der Waals surface area (Å²) >= 11 is 6.01. The van der Waals surface area contributed by atoms with E-state index in [4.69, 9.17) is 21.4 Å². The maximum atomic E-state index is 12.3. The number of carbonyl (C=O) groups excluding carboxylic acids is 1. The van der Waals surface area contributed by atoms with Gasteiger partial charge in [-0.25, -0.2) is 4.79 Å². The van der Waals surface area contributed by atoms with E-state index in [9.17, 15) is 9.59 Å². The molecule has 0 atom stereocenters. The molecule has 0 radical (unpaired) electrons. The van der Waals surface area contributed by atoms with Crippen LogP contribution >= 0.6 is 11.6 Å². The first-order valence-corrected chi connectivity index (χ1v) is 9.22. The minimum Gasteiger partial charge on any atom is -0.481 e. The molecule has 5 heteroatoms. The molecule has 0 saturated carbocycles. The first-order chi connectivity index (χ1) is 14.0. The summed E-state index contributed by atoms with van der Waals surface area (Å²) < 4.78 is 5.25. The van der Waals surface area contributed by atoms with Crippen molar-refractivity contribution in [3.63, 3.8) is 0 Å². The van der Waals surface area contributed by atoms with Crippen LogP contribution in [0.2, 0.25) is 5.02 Å². The van der Waals surface area contributed by atoms with Gasteiger partial charge in [0.25, 0.3) is 0 Å². The summed E-state index contributed by atoms with van der Waals surface area (Å²) in [7, 11) is 0. The lowest BCUT2D eigenvalue weighted by molar-refractivity contribution is -0.139. The van der Waals surface area contributed by atoms with Gasteiger partial charge in [0.2, 0.25) is 0 Å². The molecule has 3 aromatic rings. The van der Waals surface area contributed by atoms with Crippen molar-refractivity contribution in [1.82, 2.24) is 0 Å². The third kappa shape index (κ3) is 5.97. The highest BCUT2D eigenvalue weighted by molar-refractivity contribution is 6.30. The van der Waals surface area contributed by atoms with Gasteiger partial charge >= 0.3 is 5.97 Å². The lowest BCUT2D eigenvalue weighted by Crippen LogP contribution is -2.10. The molecule has 0 amide bonds. The SMILES string of the molecule is O=C(O)COc1ccc(Cl)cc1C#Cc1ccc(CC(=O)c2ccccc2)cc1. The molecule has 0 heterocycles. The summed E-state index contributed by atoms with van der Waals surface area (Å²) in [6, 6.07) is 21.4. The van der Waals surface area contributed by atoms with E-state index < -0.39 is 12.6 Å². The number of aliphatic carboxylic acids is 1. The van der Waals surface area contributed by atoms with Gasteiger partial charge in [-0.3, -0.25) is 4.79 Å². The van der Waals surface area contributed by atoms with E-state index >= 15 is 0 Å². The Labute approximate surface area is 173 Å². The zero-order valence-corrected chi connectivity index (χ0v) is 16.1. The maximum absolute atomic E-state index is 12.3. The highest BCUT2D eigenvalue weighted by Crippen LogP contribution is 2.22. The fourth-order valence-electron chi connectivity index (χ4n) is 2.62. The van der Waals surface area contributed by atoms with Crippen molar-refractivity contribution in [2.45, 2.75) is 6.42 Å². The zero-order valence-electron chi connectivity index (χ0n) is 15.4. The number of ketones is 1. The Morgan fingerprint density at radius 1 is 0.931 bits per heavy atom. The Morgan fingerprint density at radius 2 is 1.66 bits per heavy atom. The predicted molar refractivity (Wildman–Crippen MR) is 111 cm³/mol. The molecule has 0 saturated heterocycles. The van der Waals surface area contributed by atoms with E-state index in [-0.39, 0.29) is 5.78 Å². The number of carbonyl (C=O) groups is 2. The Morgan fingerprint density at radius 3 is 2.34 bits per heavy atom. The average Bonchev–Trinajstić information content (AvgIpc) is 2.73. The molecule has 4 nitrogen and oxygen atoms in total. The second-order valence-electron chi connectivity index (χ2n) is 6.24. The summed E-state index contributed by atoms with van der Waals surface area (Å²) in [5.74, 6) is 5.31. The molecule has 0 bridgehead atoms. The van der Waals surface area contributed by atoms with Crippen molar-refractivity contribution in [3.8, 4) is 17.6 Å². The molecule has 29 heavy (non-hydrogen) atoms. The van der Waals surface area contributed by atoms with Gasteiger partial charge < -0.3 is 9.84 Å². The van der Waals surface area contributed by atoms with Crippen molar-refractivity contribution < 1.29 is 19.4 Å². The monoisotopic (exact) mass is 404 g/mol. The van der Waals surface area contributed by atoms with Crippen LogP contribution in [0.4, 0.5) is 0 Å². The normalized spacial score (nSPS) is 9.97. The van der Waals surface area contributed by atoms with Gasteiger partial charge in [-0.15, -0.1) is 0 Å². The molecule has 144 valence electrons. The maximum Gasteiger partial charge on any atom is 0.341 e. The summed E-state index contributed by atoms with van der Waals surface area (Å²) in [6.07, 6.45) is 0.319. The largest absolute Gasteiger partial charge is 0.481 e. The molecule has 0 aliphatic heterocycles. The van der Waals surface area contributed by atoms with Crippen molar-refractivity contribution in [1.29, 1.82) is 0 Å². The Hall–Kier alpha value is -3.55. The van der Waals surface area contributed by atoms with Gasteiger partial charge in [-0.2, -0.15) is 0 Å². The summed E-state index contributed by atoms with van der Waals surface area (Å²) in [5.41, 5.74) is 2.84. The highest BCUT2D eigenvalue weighted by Gasteiger charge is 2.07. The summed E-state index contributed by atoms with van der Waals surface area (Å²) in [5, 5.41) is 9.26. The number of rotatable bonds is 6. The molecule has 3 aromatic carbocycles. The number of benzene rings is 3. The van der Waals surface area contributed by atoms with Gasteiger partial charge in [0.05, 0.1) is 5.56 Å². The molecule has 3 rings (SSSR count). The molecule has 0 aliphatic rings. The third-order valence-corrected chi connectivity index (χ3v) is 4.28. The van der Waals surface area contributed by atoms with Crippen LogP contribution < -0.4 is 4.74 Å². The number of hydrogen-bond acceptors (Lipinski definition) is 3. The number of Topliss-reactive ketones (excluding diaryl/α,β-unsaturated/α-hetero) is 1. The third-order valence-electron chi connectivity index (χ3n) is 4.05. The lowest BCUT2D eigenvalue weighted by Gasteiger charge is -2.06. The first kappa shape index (κ1) is 20.2. The Balaban J connectivity index is 1.72. The van der Waals surface area contributed by atoms with Crippen molar-refractivity contribution in [3.05, 3.63) is 100 Å². The second kappa shape index (κ2) is 9.59. The zero-order chi connectivity index (χ0) is 20.6. The molecule has 0 unspecified atom stereocenters. The van der Waals surface area contributed by atoms with Gasteiger partial charge in [0.15, 0.2) is 12.4 Å². The van der Waals surface area contributed by atoms with Crippen molar-refractivity contribution in [2.75, 3.05) is 6.61 Å². The Kier molecular flexibility index (Phi) is 6.67. The smallest absolute Gasteiger partial charge is 0.341 e. The average molecular weight is 405 g/mol. The first-order valence-electron chi connectivity index (χ1n) is 8.84. The molecule has 1 N–H and O–H groups in total. The van der Waals surface area contributed by atoms with Crippen LogP contribution in [0.15, 0.2) is 72.8 Å². The molecule has 0 aromatic heterocycles. The Bertz CT molecular complexity index is 1080. The van der Waals surface area contributed by atoms with E-state index in [1.807, 2.05) is 42.5 Å². The molecular formula is C24H17ClO4. The fraction of sp³-hybridized carbons (Fsp3) is 0.0833. The van der Waals surface area contributed by atoms with E-state index in [1.54, 1.807) is 30.3 Å². The van der Waals surface area contributed by atoms with Crippen LogP contribution in [0.1, 0.15) is 27.0 Å². The van der Waals surface area contributed by atoms with E-state index in [0.29, 0.717) is 28.3 Å². The number of hydrogen-bond donors (Lipinski definition) is 1. The number of ether oxygens (including phenoxy) is 1. The predicted octanol–water partition coefficient (Wildman–Crippen LogP) is 4.63. The number of halogens is 1. The van der Waals surface area contributed by atoms with Crippen LogP contribution in [-0.4, -0.2) is 23.5 Å². The molecule has 0 spiro atoms. The van der Waals surface area contributed by atoms with E-state index in [2.05, 4.69) is 11.8 Å². The number of carboxylic acids is 1. The van der Waals surface area contributed by atoms with Gasteiger partial charge in [-0.05, 0) is 35.9 Å². The quantitative estimate of drug-likeness (QED) is 0.480. The fourth-order valence-corrected chi connectivity index (χ4v) is 2.79. The lowest BCUT2D eigenvalue weighted by atomic mass is 10.0. The van der Waals surface area contributed by atoms with Crippen LogP contribution in [-0.2, 0) is 11.2 Å². The van der Waals surface area contributed by atoms with Crippen molar-refractivity contribution in [2.24, 2.45) is 0 Å². The molecule has 0 aliphatic carbocycles. The van der Waals surface area contributed by atoms with Crippen LogP contribution in [0.25, 0.3) is 0 Å². The van der Waals surface area contributed by atoms with Gasteiger partial charge in [0.1, 0.15) is 5.75 Å². The second-order valence-corrected chi connectivity index (χ2v) is 6.67. The van der Waals surface area contributed by atoms with Gasteiger partial charge in [-0.1, -0.05) is 65.9 Å². The summed E-state index contributed by atoms with van der Waals surface area (Å²) in [4.78, 5) is 23.0. The van der Waals surface area contributed by atoms with Crippen LogP contribution in [0, 0.1) is 11.8 Å². The van der Waals surface area contributed by atoms with E-state index in [0.717, 1.165) is 11.1 Å². The minimum absolute atomic E-state index is 0.0589. The molecule has 0 fully saturated rings. The van der Waals surface area contributed by atoms with Crippen LogP contribution in [0.5, 0.6) is 5.75 Å². The van der Waals surface area contributed by atoms with E-state index in [1.165, 1.54) is 0 Å². The standard InChI is InChI=1S/C24H17ClO4/c25-21-12-13-23(29-16-24(27)28)20(15-21)11-10-17-6-8-18(9-7-17)14-22(26)19-4-2-1-3-5-19/h1-9,12-13,15H,14,16H2,(H,27,28). The topological polar surface area (TPSA) is 63.6 Å². The minimum atomic E-state index is -1.07. The number of carboxylic acid groups (broad SMARTS) is 1. The summed E-state index contributed by atoms with van der Waals surface area (Å²) in [6.45, 7) is -0.458. The van der Waals surface area contributed by atoms with Crippen LogP contribution in [0.3, 0.4) is 0 Å². The molecular weight excluding hydrogens is 388 g/mol. The van der Waals surface area contributed by atoms with Crippen molar-refractivity contribution >= 4 is 23.4 Å². The van der Waals surface area contributed by atoms with Gasteiger partial charge in [0, 0.05) is 22.6 Å².